The van der Waals surface area contributed by atoms with Gasteiger partial charge in [0.2, 0.25) is 0 Å². The summed E-state index contributed by atoms with van der Waals surface area (Å²) < 4.78 is 0. The minimum Gasteiger partial charge on any atom is -0.347 e. The number of piperidine rings is 1. The third-order valence-electron chi connectivity index (χ3n) is 3.31. The Labute approximate surface area is 111 Å². The Bertz CT molecular complexity index is 593. The summed E-state index contributed by atoms with van der Waals surface area (Å²) in [5.74, 6) is -0.146. The molecule has 98 valence electrons. The molecule has 5 nitrogen and oxygen atoms in total. The Morgan fingerprint density at radius 1 is 1.32 bits per heavy atom. The van der Waals surface area contributed by atoms with Crippen molar-refractivity contribution in [1.82, 2.24) is 20.6 Å². The van der Waals surface area contributed by atoms with Gasteiger partial charge in [0.05, 0.1) is 17.2 Å². The zero-order valence-electron chi connectivity index (χ0n) is 10.6. The molecule has 1 unspecified atom stereocenters. The zero-order chi connectivity index (χ0) is 13.1. The van der Waals surface area contributed by atoms with Crippen LogP contribution >= 0.6 is 0 Å². The molecule has 0 radical (unpaired) electrons. The number of hydrogen-bond acceptors (Lipinski definition) is 4. The predicted molar refractivity (Wildman–Crippen MR) is 72.9 cm³/mol. The van der Waals surface area contributed by atoms with Gasteiger partial charge in [-0.2, -0.15) is 0 Å². The predicted octanol–water partition coefficient (Wildman–Crippen LogP) is 1.11. The Hall–Kier alpha value is -2.01. The third-order valence-corrected chi connectivity index (χ3v) is 3.31. The SMILES string of the molecule is O=C(NC1CCCNC1)c1cnc2ccccc2n1. The van der Waals surface area contributed by atoms with Crippen molar-refractivity contribution >= 4 is 16.9 Å². The summed E-state index contributed by atoms with van der Waals surface area (Å²) in [7, 11) is 0. The number of para-hydroxylation sites is 2. The molecule has 0 aliphatic carbocycles. The maximum absolute atomic E-state index is 12.1. The van der Waals surface area contributed by atoms with E-state index in [1.165, 1.54) is 6.20 Å². The molecule has 1 aromatic carbocycles. The van der Waals surface area contributed by atoms with E-state index < -0.39 is 0 Å². The molecule has 5 heteroatoms. The molecule has 1 amide bonds. The minimum absolute atomic E-state index is 0.146. The fourth-order valence-electron chi connectivity index (χ4n) is 2.30. The van der Waals surface area contributed by atoms with Crippen LogP contribution in [-0.4, -0.2) is 35.0 Å². The van der Waals surface area contributed by atoms with Crippen LogP contribution in [0.2, 0.25) is 0 Å². The second-order valence-corrected chi connectivity index (χ2v) is 4.76. The molecule has 1 saturated heterocycles. The molecule has 1 fully saturated rings. The number of nitrogens with zero attached hydrogens (tertiary/aromatic N) is 2. The van der Waals surface area contributed by atoms with Gasteiger partial charge in [-0.3, -0.25) is 9.78 Å². The second kappa shape index (κ2) is 5.32. The lowest BCUT2D eigenvalue weighted by Gasteiger charge is -2.23. The van der Waals surface area contributed by atoms with Crippen molar-refractivity contribution in [3.8, 4) is 0 Å². The van der Waals surface area contributed by atoms with Crippen LogP contribution in [0.4, 0.5) is 0 Å². The van der Waals surface area contributed by atoms with Crippen molar-refractivity contribution in [1.29, 1.82) is 0 Å². The molecular formula is C14H16N4O. The first-order chi connectivity index (χ1) is 9.33. The molecule has 1 aliphatic rings. The zero-order valence-corrected chi connectivity index (χ0v) is 10.6. The molecule has 2 aromatic rings. The first kappa shape index (κ1) is 12.0. The van der Waals surface area contributed by atoms with Gasteiger partial charge in [-0.1, -0.05) is 12.1 Å². The highest BCUT2D eigenvalue weighted by Gasteiger charge is 2.17. The molecule has 1 aromatic heterocycles. The quantitative estimate of drug-likeness (QED) is 0.844. The van der Waals surface area contributed by atoms with Gasteiger partial charge in [-0.05, 0) is 31.5 Å². The van der Waals surface area contributed by atoms with E-state index in [1.54, 1.807) is 0 Å². The Morgan fingerprint density at radius 3 is 2.95 bits per heavy atom. The largest absolute Gasteiger partial charge is 0.347 e. The molecule has 0 spiro atoms. The number of benzene rings is 1. The first-order valence-electron chi connectivity index (χ1n) is 6.56. The fourth-order valence-corrected chi connectivity index (χ4v) is 2.30. The number of carbonyl (C=O) groups excluding carboxylic acids is 1. The standard InChI is InChI=1S/C14H16N4O/c19-14(17-10-4-3-7-15-8-10)13-9-16-11-5-1-2-6-12(11)18-13/h1-2,5-6,9-10,15H,3-4,7-8H2,(H,17,19). The normalized spacial score (nSPS) is 19.3. The summed E-state index contributed by atoms with van der Waals surface area (Å²) in [6, 6.07) is 7.74. The van der Waals surface area contributed by atoms with Crippen LogP contribution in [0.5, 0.6) is 0 Å². The van der Waals surface area contributed by atoms with Gasteiger partial charge in [0, 0.05) is 12.6 Å². The van der Waals surface area contributed by atoms with Crippen LogP contribution in [0.1, 0.15) is 23.3 Å². The van der Waals surface area contributed by atoms with Crippen molar-refractivity contribution < 1.29 is 4.79 Å². The lowest BCUT2D eigenvalue weighted by Crippen LogP contribution is -2.45. The van der Waals surface area contributed by atoms with Crippen LogP contribution in [0.15, 0.2) is 30.5 Å². The van der Waals surface area contributed by atoms with Crippen molar-refractivity contribution in [3.63, 3.8) is 0 Å². The summed E-state index contributed by atoms with van der Waals surface area (Å²) >= 11 is 0. The fraction of sp³-hybridized carbons (Fsp3) is 0.357. The second-order valence-electron chi connectivity index (χ2n) is 4.76. The van der Waals surface area contributed by atoms with Crippen molar-refractivity contribution in [3.05, 3.63) is 36.2 Å². The molecule has 0 saturated carbocycles. The van der Waals surface area contributed by atoms with Crippen molar-refractivity contribution in [2.75, 3.05) is 13.1 Å². The highest BCUT2D eigenvalue weighted by molar-refractivity contribution is 5.93. The van der Waals surface area contributed by atoms with Gasteiger partial charge in [0.25, 0.3) is 5.91 Å². The highest BCUT2D eigenvalue weighted by atomic mass is 16.1. The smallest absolute Gasteiger partial charge is 0.271 e. The molecule has 2 heterocycles. The Balaban J connectivity index is 1.77. The number of amides is 1. The van der Waals surface area contributed by atoms with E-state index in [1.807, 2.05) is 24.3 Å². The Morgan fingerprint density at radius 2 is 2.16 bits per heavy atom. The molecule has 1 aliphatic heterocycles. The molecule has 1 atom stereocenters. The summed E-state index contributed by atoms with van der Waals surface area (Å²) in [4.78, 5) is 20.7. The van der Waals surface area contributed by atoms with Gasteiger partial charge in [-0.25, -0.2) is 4.98 Å². The third kappa shape index (κ3) is 2.71. The first-order valence-corrected chi connectivity index (χ1v) is 6.56. The monoisotopic (exact) mass is 256 g/mol. The average Bonchev–Trinajstić information content (AvgIpc) is 2.48. The molecule has 0 bridgehead atoms. The summed E-state index contributed by atoms with van der Waals surface area (Å²) in [6.07, 6.45) is 3.64. The lowest BCUT2D eigenvalue weighted by molar-refractivity contribution is 0.0925. The summed E-state index contributed by atoms with van der Waals surface area (Å²) in [5, 5.41) is 6.27. The average molecular weight is 256 g/mol. The van der Waals surface area contributed by atoms with E-state index in [0.29, 0.717) is 5.69 Å². The van der Waals surface area contributed by atoms with Crippen LogP contribution < -0.4 is 10.6 Å². The van der Waals surface area contributed by atoms with E-state index in [-0.39, 0.29) is 11.9 Å². The van der Waals surface area contributed by atoms with Gasteiger partial charge < -0.3 is 10.6 Å². The van der Waals surface area contributed by atoms with Crippen LogP contribution in [0.3, 0.4) is 0 Å². The molecular weight excluding hydrogens is 240 g/mol. The maximum Gasteiger partial charge on any atom is 0.271 e. The van der Waals surface area contributed by atoms with E-state index in [0.717, 1.165) is 37.0 Å². The number of fused-ring (bicyclic) bond motifs is 1. The maximum atomic E-state index is 12.1. The highest BCUT2D eigenvalue weighted by Crippen LogP contribution is 2.09. The molecule has 19 heavy (non-hydrogen) atoms. The topological polar surface area (TPSA) is 66.9 Å². The van der Waals surface area contributed by atoms with Gasteiger partial charge in [-0.15, -0.1) is 0 Å². The van der Waals surface area contributed by atoms with E-state index in [4.69, 9.17) is 0 Å². The summed E-state index contributed by atoms with van der Waals surface area (Å²) in [5.41, 5.74) is 1.93. The van der Waals surface area contributed by atoms with Crippen molar-refractivity contribution in [2.24, 2.45) is 0 Å². The lowest BCUT2D eigenvalue weighted by atomic mass is 10.1. The van der Waals surface area contributed by atoms with E-state index in [2.05, 4.69) is 20.6 Å². The van der Waals surface area contributed by atoms with Crippen LogP contribution in [0.25, 0.3) is 11.0 Å². The number of hydrogen-bond donors (Lipinski definition) is 2. The van der Waals surface area contributed by atoms with Gasteiger partial charge in [0.1, 0.15) is 5.69 Å². The number of rotatable bonds is 2. The minimum atomic E-state index is -0.146. The number of nitrogens with one attached hydrogen (secondary N) is 2. The van der Waals surface area contributed by atoms with Gasteiger partial charge in [0.15, 0.2) is 0 Å². The Kier molecular flexibility index (Phi) is 3.37. The van der Waals surface area contributed by atoms with E-state index >= 15 is 0 Å². The summed E-state index contributed by atoms with van der Waals surface area (Å²) in [6.45, 7) is 1.86. The van der Waals surface area contributed by atoms with Gasteiger partial charge >= 0.3 is 0 Å². The van der Waals surface area contributed by atoms with Crippen molar-refractivity contribution in [2.45, 2.75) is 18.9 Å². The number of aromatic nitrogens is 2. The molecule has 2 N–H and O–H groups in total. The van der Waals surface area contributed by atoms with Crippen LogP contribution in [-0.2, 0) is 0 Å². The number of carbonyl (C=O) groups is 1. The molecule has 3 rings (SSSR count). The van der Waals surface area contributed by atoms with Crippen LogP contribution in [0, 0.1) is 0 Å². The van der Waals surface area contributed by atoms with E-state index in [9.17, 15) is 4.79 Å².